The molecule has 1 heterocycles. The number of hydrogen-bond donors (Lipinski definition) is 1. The molecule has 0 unspecified atom stereocenters. The van der Waals surface area contributed by atoms with Gasteiger partial charge in [-0.25, -0.2) is 9.07 Å². The first-order chi connectivity index (χ1) is 11.1. The highest BCUT2D eigenvalue weighted by Gasteiger charge is 2.29. The summed E-state index contributed by atoms with van der Waals surface area (Å²) in [5, 5.41) is 7.48. The first-order valence-corrected chi connectivity index (χ1v) is 7.89. The van der Waals surface area contributed by atoms with Crippen LogP contribution in [0.25, 0.3) is 5.69 Å². The van der Waals surface area contributed by atoms with Crippen LogP contribution in [-0.4, -0.2) is 47.8 Å². The Labute approximate surface area is 135 Å². The molecule has 0 aliphatic heterocycles. The predicted molar refractivity (Wildman–Crippen MR) is 86.4 cm³/mol. The van der Waals surface area contributed by atoms with Crippen molar-refractivity contribution in [3.8, 4) is 5.69 Å². The van der Waals surface area contributed by atoms with Crippen LogP contribution in [-0.2, 0) is 12.8 Å². The highest BCUT2D eigenvalue weighted by Crippen LogP contribution is 2.29. The van der Waals surface area contributed by atoms with Crippen molar-refractivity contribution in [3.05, 3.63) is 47.0 Å². The smallest absolute Gasteiger partial charge is 0.274 e. The largest absolute Gasteiger partial charge is 0.339 e. The molecule has 2 aromatic rings. The Morgan fingerprint density at radius 1 is 1.39 bits per heavy atom. The molecular formula is C17H21FN4O. The summed E-state index contributed by atoms with van der Waals surface area (Å²) < 4.78 is 15.7. The van der Waals surface area contributed by atoms with E-state index in [4.69, 9.17) is 0 Å². The minimum atomic E-state index is -0.327. The predicted octanol–water partition coefficient (Wildman–Crippen LogP) is 1.79. The van der Waals surface area contributed by atoms with Crippen LogP contribution in [0, 0.1) is 5.82 Å². The number of halogens is 1. The Hall–Kier alpha value is -2.21. The first kappa shape index (κ1) is 15.7. The fourth-order valence-corrected chi connectivity index (χ4v) is 2.99. The van der Waals surface area contributed by atoms with Crippen molar-refractivity contribution in [1.29, 1.82) is 0 Å². The van der Waals surface area contributed by atoms with Crippen LogP contribution in [0.4, 0.5) is 4.39 Å². The molecule has 0 saturated heterocycles. The van der Waals surface area contributed by atoms with Gasteiger partial charge in [-0.1, -0.05) is 12.1 Å². The number of nitrogens with zero attached hydrogens (tertiary/aromatic N) is 3. The minimum absolute atomic E-state index is 0.103. The van der Waals surface area contributed by atoms with Gasteiger partial charge in [0.25, 0.3) is 5.91 Å². The molecule has 1 aromatic heterocycles. The van der Waals surface area contributed by atoms with E-state index in [9.17, 15) is 9.18 Å². The number of carbonyl (C=O) groups excluding carboxylic acids is 1. The standard InChI is InChI=1S/C17H21FN4O/c1-19-10-11-21(2)17(23)16-12-6-5-9-14(12)22(20-16)15-8-4-3-7-13(15)18/h3-4,7-8,19H,5-6,9-11H2,1-2H3. The molecule has 122 valence electrons. The third kappa shape index (κ3) is 2.86. The summed E-state index contributed by atoms with van der Waals surface area (Å²) in [4.78, 5) is 14.3. The molecule has 0 saturated carbocycles. The maximum Gasteiger partial charge on any atom is 0.274 e. The van der Waals surface area contributed by atoms with Crippen molar-refractivity contribution in [2.24, 2.45) is 0 Å². The molecule has 1 N–H and O–H groups in total. The van der Waals surface area contributed by atoms with Crippen LogP contribution in [0.1, 0.15) is 28.2 Å². The van der Waals surface area contributed by atoms with Gasteiger partial charge in [-0.2, -0.15) is 5.10 Å². The lowest BCUT2D eigenvalue weighted by molar-refractivity contribution is 0.0789. The van der Waals surface area contributed by atoms with E-state index in [2.05, 4.69) is 10.4 Å². The molecule has 1 aliphatic carbocycles. The van der Waals surface area contributed by atoms with Crippen LogP contribution in [0.2, 0.25) is 0 Å². The summed E-state index contributed by atoms with van der Waals surface area (Å²) in [5.41, 5.74) is 2.79. The lowest BCUT2D eigenvalue weighted by Crippen LogP contribution is -2.33. The van der Waals surface area contributed by atoms with E-state index in [1.807, 2.05) is 7.05 Å². The van der Waals surface area contributed by atoms with Crippen molar-refractivity contribution < 1.29 is 9.18 Å². The number of amides is 1. The fraction of sp³-hybridized carbons (Fsp3) is 0.412. The highest BCUT2D eigenvalue weighted by molar-refractivity contribution is 5.94. The Morgan fingerprint density at radius 3 is 2.91 bits per heavy atom. The number of hydrogen-bond acceptors (Lipinski definition) is 3. The third-order valence-electron chi connectivity index (χ3n) is 4.26. The van der Waals surface area contributed by atoms with Gasteiger partial charge in [0.15, 0.2) is 5.69 Å². The Bertz CT molecular complexity index is 725. The monoisotopic (exact) mass is 316 g/mol. The number of carbonyl (C=O) groups is 1. The third-order valence-corrected chi connectivity index (χ3v) is 4.26. The van der Waals surface area contributed by atoms with Crippen LogP contribution >= 0.6 is 0 Å². The zero-order valence-electron chi connectivity index (χ0n) is 13.5. The topological polar surface area (TPSA) is 50.2 Å². The van der Waals surface area contributed by atoms with E-state index >= 15 is 0 Å². The Kier molecular flexibility index (Phi) is 4.43. The van der Waals surface area contributed by atoms with E-state index < -0.39 is 0 Å². The van der Waals surface area contributed by atoms with Gasteiger partial charge in [-0.3, -0.25) is 4.79 Å². The zero-order chi connectivity index (χ0) is 16.4. The van der Waals surface area contributed by atoms with Gasteiger partial charge < -0.3 is 10.2 Å². The van der Waals surface area contributed by atoms with Crippen molar-refractivity contribution in [3.63, 3.8) is 0 Å². The molecule has 1 aliphatic rings. The molecule has 0 bridgehead atoms. The van der Waals surface area contributed by atoms with Crippen molar-refractivity contribution in [2.45, 2.75) is 19.3 Å². The van der Waals surface area contributed by atoms with Crippen molar-refractivity contribution in [2.75, 3.05) is 27.2 Å². The molecule has 0 spiro atoms. The number of nitrogens with one attached hydrogen (secondary N) is 1. The molecule has 0 fully saturated rings. The normalized spacial score (nSPS) is 13.2. The summed E-state index contributed by atoms with van der Waals surface area (Å²) in [6.45, 7) is 1.33. The number of benzene rings is 1. The van der Waals surface area contributed by atoms with Crippen molar-refractivity contribution in [1.82, 2.24) is 20.0 Å². The second-order valence-corrected chi connectivity index (χ2v) is 5.82. The summed E-state index contributed by atoms with van der Waals surface area (Å²) >= 11 is 0. The number of likely N-dealkylation sites (N-methyl/N-ethyl adjacent to an activating group) is 2. The first-order valence-electron chi connectivity index (χ1n) is 7.89. The van der Waals surface area contributed by atoms with Gasteiger partial charge in [-0.05, 0) is 38.4 Å². The van der Waals surface area contributed by atoms with Gasteiger partial charge in [0, 0.05) is 31.4 Å². The summed E-state index contributed by atoms with van der Waals surface area (Å²) in [6.07, 6.45) is 2.62. The minimum Gasteiger partial charge on any atom is -0.339 e. The van der Waals surface area contributed by atoms with Crippen LogP contribution in [0.5, 0.6) is 0 Å². The average Bonchev–Trinajstić information content (AvgIpc) is 3.15. The van der Waals surface area contributed by atoms with Gasteiger partial charge >= 0.3 is 0 Å². The SMILES string of the molecule is CNCCN(C)C(=O)c1nn(-c2ccccc2F)c2c1CCC2. The number of para-hydroxylation sites is 1. The molecule has 1 amide bonds. The van der Waals surface area contributed by atoms with Crippen LogP contribution in [0.3, 0.4) is 0 Å². The number of fused-ring (bicyclic) bond motifs is 1. The van der Waals surface area contributed by atoms with Crippen molar-refractivity contribution >= 4 is 5.91 Å². The molecule has 0 radical (unpaired) electrons. The summed E-state index contributed by atoms with van der Waals surface area (Å²) in [5.74, 6) is -0.430. The second kappa shape index (κ2) is 6.50. The van der Waals surface area contributed by atoms with E-state index in [1.165, 1.54) is 6.07 Å². The molecular weight excluding hydrogens is 295 g/mol. The summed E-state index contributed by atoms with van der Waals surface area (Å²) in [6, 6.07) is 6.54. The lowest BCUT2D eigenvalue weighted by Gasteiger charge is -2.16. The summed E-state index contributed by atoms with van der Waals surface area (Å²) in [7, 11) is 3.62. The maximum atomic E-state index is 14.1. The quantitative estimate of drug-likeness (QED) is 0.915. The average molecular weight is 316 g/mol. The lowest BCUT2D eigenvalue weighted by atomic mass is 10.2. The van der Waals surface area contributed by atoms with Gasteiger partial charge in [0.1, 0.15) is 11.5 Å². The Morgan fingerprint density at radius 2 is 2.17 bits per heavy atom. The van der Waals surface area contributed by atoms with Gasteiger partial charge in [0.2, 0.25) is 0 Å². The van der Waals surface area contributed by atoms with E-state index in [0.29, 0.717) is 17.9 Å². The van der Waals surface area contributed by atoms with E-state index in [0.717, 1.165) is 37.1 Å². The van der Waals surface area contributed by atoms with E-state index in [1.54, 1.807) is 34.8 Å². The van der Waals surface area contributed by atoms with Crippen LogP contribution in [0.15, 0.2) is 24.3 Å². The molecule has 3 rings (SSSR count). The second-order valence-electron chi connectivity index (χ2n) is 5.82. The fourth-order valence-electron chi connectivity index (χ4n) is 2.99. The zero-order valence-corrected chi connectivity index (χ0v) is 13.5. The molecule has 1 aromatic carbocycles. The molecule has 6 heteroatoms. The molecule has 5 nitrogen and oxygen atoms in total. The Balaban J connectivity index is 1.99. The number of rotatable bonds is 5. The maximum absolute atomic E-state index is 14.1. The molecule has 0 atom stereocenters. The molecule has 23 heavy (non-hydrogen) atoms. The van der Waals surface area contributed by atoms with Crippen LogP contribution < -0.4 is 5.32 Å². The highest BCUT2D eigenvalue weighted by atomic mass is 19.1. The van der Waals surface area contributed by atoms with Gasteiger partial charge in [-0.15, -0.1) is 0 Å². The van der Waals surface area contributed by atoms with E-state index in [-0.39, 0.29) is 11.7 Å². The number of aromatic nitrogens is 2. The van der Waals surface area contributed by atoms with Gasteiger partial charge in [0.05, 0.1) is 0 Å².